The summed E-state index contributed by atoms with van der Waals surface area (Å²) in [5.74, 6) is 0.501. The van der Waals surface area contributed by atoms with Gasteiger partial charge in [-0.25, -0.2) is 9.18 Å². The zero-order chi connectivity index (χ0) is 29.0. The quantitative estimate of drug-likeness (QED) is 0.417. The molecule has 2 unspecified atom stereocenters. The molecular formula is C31H34FN3O6. The Morgan fingerprint density at radius 1 is 1.10 bits per heavy atom. The first-order chi connectivity index (χ1) is 19.7. The molecule has 0 saturated carbocycles. The van der Waals surface area contributed by atoms with E-state index in [9.17, 15) is 14.0 Å². The van der Waals surface area contributed by atoms with Gasteiger partial charge in [-0.1, -0.05) is 12.1 Å². The highest BCUT2D eigenvalue weighted by Gasteiger charge is 2.35. The zero-order valence-corrected chi connectivity index (χ0v) is 23.4. The van der Waals surface area contributed by atoms with Crippen molar-refractivity contribution in [1.29, 1.82) is 0 Å². The minimum Gasteiger partial charge on any atom is -0.493 e. The average Bonchev–Trinajstić information content (AvgIpc) is 3.43. The number of benzene rings is 2. The molecule has 3 aromatic rings. The van der Waals surface area contributed by atoms with Gasteiger partial charge in [0.25, 0.3) is 5.91 Å². The molecule has 5 rings (SSSR count). The number of carbonyl (C=O) groups is 2. The van der Waals surface area contributed by atoms with E-state index in [-0.39, 0.29) is 37.3 Å². The van der Waals surface area contributed by atoms with Crippen LogP contribution in [0.25, 0.3) is 0 Å². The maximum atomic E-state index is 14.8. The van der Waals surface area contributed by atoms with E-state index in [1.807, 2.05) is 26.8 Å². The molecule has 2 aliphatic heterocycles. The molecule has 1 N–H and O–H groups in total. The summed E-state index contributed by atoms with van der Waals surface area (Å²) >= 11 is 0. The van der Waals surface area contributed by atoms with Gasteiger partial charge in [0.1, 0.15) is 17.2 Å². The number of fused-ring (bicyclic) bond motifs is 1. The Bertz CT molecular complexity index is 1390. The lowest BCUT2D eigenvalue weighted by molar-refractivity contribution is 0.0111. The van der Waals surface area contributed by atoms with E-state index in [0.717, 1.165) is 5.56 Å². The summed E-state index contributed by atoms with van der Waals surface area (Å²) < 4.78 is 37.4. The smallest absolute Gasteiger partial charge is 0.410 e. The van der Waals surface area contributed by atoms with Crippen LogP contribution in [-0.2, 0) is 11.3 Å². The molecule has 2 amide bonds. The van der Waals surface area contributed by atoms with Crippen LogP contribution >= 0.6 is 0 Å². The van der Waals surface area contributed by atoms with Crippen LogP contribution in [0.5, 0.6) is 17.2 Å². The van der Waals surface area contributed by atoms with Crippen LogP contribution in [0.3, 0.4) is 0 Å². The largest absolute Gasteiger partial charge is 0.493 e. The van der Waals surface area contributed by atoms with E-state index in [1.165, 1.54) is 6.07 Å². The van der Waals surface area contributed by atoms with Crippen molar-refractivity contribution >= 4 is 12.0 Å². The standard InChI is InChI=1S/C31H34FN3O6/c1-31(2,3)41-30(37)35-13-11-24(21(17-35)18-38-23-8-10-27-28(15-23)40-19-39-27)20-7-9-26(32)25(14-20)29(36)34-16-22-6-4-5-12-33-22/h4-10,12,14-15,21,24H,11,13,16-19H2,1-3H3,(H,34,36). The highest BCUT2D eigenvalue weighted by Crippen LogP contribution is 2.38. The predicted molar refractivity (Wildman–Crippen MR) is 149 cm³/mol. The monoisotopic (exact) mass is 563 g/mol. The number of rotatable bonds is 7. The van der Waals surface area contributed by atoms with Crippen LogP contribution in [0, 0.1) is 11.7 Å². The lowest BCUT2D eigenvalue weighted by Gasteiger charge is -2.39. The first-order valence-electron chi connectivity index (χ1n) is 13.6. The Labute approximate surface area is 238 Å². The summed E-state index contributed by atoms with van der Waals surface area (Å²) in [4.78, 5) is 31.7. The number of nitrogens with one attached hydrogen (secondary N) is 1. The number of ether oxygens (including phenoxy) is 4. The Balaban J connectivity index is 1.34. The van der Waals surface area contributed by atoms with Gasteiger partial charge in [0.15, 0.2) is 11.5 Å². The van der Waals surface area contributed by atoms with Crippen molar-refractivity contribution in [2.45, 2.75) is 45.3 Å². The molecular weight excluding hydrogens is 529 g/mol. The number of piperidine rings is 1. The van der Waals surface area contributed by atoms with E-state index < -0.39 is 23.4 Å². The average molecular weight is 564 g/mol. The fourth-order valence-electron chi connectivity index (χ4n) is 5.02. The molecule has 0 spiro atoms. The maximum absolute atomic E-state index is 14.8. The third kappa shape index (κ3) is 7.06. The SMILES string of the molecule is CC(C)(C)OC(=O)N1CCC(c2ccc(F)c(C(=O)NCc3ccccn3)c2)C(COc2ccc3c(c2)OCO3)C1. The van der Waals surface area contributed by atoms with Crippen LogP contribution in [0.15, 0.2) is 60.8 Å². The van der Waals surface area contributed by atoms with Crippen molar-refractivity contribution in [2.75, 3.05) is 26.5 Å². The third-order valence-electron chi connectivity index (χ3n) is 7.01. The van der Waals surface area contributed by atoms with E-state index in [0.29, 0.717) is 42.5 Å². The van der Waals surface area contributed by atoms with Gasteiger partial charge in [-0.15, -0.1) is 0 Å². The van der Waals surface area contributed by atoms with Crippen molar-refractivity contribution in [3.05, 3.63) is 83.4 Å². The van der Waals surface area contributed by atoms with Gasteiger partial charge < -0.3 is 29.2 Å². The molecule has 2 aliphatic rings. The normalized spacial score (nSPS) is 18.1. The number of carbonyl (C=O) groups excluding carboxylic acids is 2. The molecule has 9 nitrogen and oxygen atoms in total. The van der Waals surface area contributed by atoms with Gasteiger partial charge in [-0.05, 0) is 75.1 Å². The number of hydrogen-bond donors (Lipinski definition) is 1. The highest BCUT2D eigenvalue weighted by molar-refractivity contribution is 5.94. The lowest BCUT2D eigenvalue weighted by atomic mass is 9.80. The lowest BCUT2D eigenvalue weighted by Crippen LogP contribution is -2.46. The number of pyridine rings is 1. The van der Waals surface area contributed by atoms with Crippen molar-refractivity contribution < 1.29 is 32.9 Å². The molecule has 0 radical (unpaired) electrons. The van der Waals surface area contributed by atoms with Crippen LogP contribution in [0.4, 0.5) is 9.18 Å². The van der Waals surface area contributed by atoms with Crippen molar-refractivity contribution in [2.24, 2.45) is 5.92 Å². The van der Waals surface area contributed by atoms with Gasteiger partial charge in [0.05, 0.1) is 24.4 Å². The zero-order valence-electron chi connectivity index (χ0n) is 23.4. The van der Waals surface area contributed by atoms with Crippen LogP contribution in [-0.4, -0.2) is 54.0 Å². The van der Waals surface area contributed by atoms with Crippen molar-refractivity contribution in [3.63, 3.8) is 0 Å². The van der Waals surface area contributed by atoms with E-state index in [2.05, 4.69) is 10.3 Å². The third-order valence-corrected chi connectivity index (χ3v) is 7.01. The minimum absolute atomic E-state index is 0.0385. The van der Waals surface area contributed by atoms with E-state index in [1.54, 1.807) is 53.6 Å². The molecule has 1 aromatic heterocycles. The molecule has 1 saturated heterocycles. The molecule has 216 valence electrons. The molecule has 0 aliphatic carbocycles. The summed E-state index contributed by atoms with van der Waals surface area (Å²) in [6, 6.07) is 15.4. The molecule has 0 bridgehead atoms. The topological polar surface area (TPSA) is 99.2 Å². The van der Waals surface area contributed by atoms with Gasteiger partial charge in [0.2, 0.25) is 6.79 Å². The number of nitrogens with zero attached hydrogens (tertiary/aromatic N) is 2. The van der Waals surface area contributed by atoms with E-state index in [4.69, 9.17) is 18.9 Å². The summed E-state index contributed by atoms with van der Waals surface area (Å²) in [5, 5.41) is 2.75. The van der Waals surface area contributed by atoms with Crippen LogP contribution in [0.2, 0.25) is 0 Å². The maximum Gasteiger partial charge on any atom is 0.410 e. The first kappa shape index (κ1) is 28.2. The number of halogens is 1. The van der Waals surface area contributed by atoms with Gasteiger partial charge in [-0.3, -0.25) is 9.78 Å². The van der Waals surface area contributed by atoms with Gasteiger partial charge >= 0.3 is 6.09 Å². The van der Waals surface area contributed by atoms with Crippen molar-refractivity contribution in [3.8, 4) is 17.2 Å². The second-order valence-electron chi connectivity index (χ2n) is 11.2. The van der Waals surface area contributed by atoms with Gasteiger partial charge in [-0.2, -0.15) is 0 Å². The number of likely N-dealkylation sites (tertiary alicyclic amines) is 1. The summed E-state index contributed by atoms with van der Waals surface area (Å²) in [7, 11) is 0. The molecule has 1 fully saturated rings. The Morgan fingerprint density at radius 2 is 1.93 bits per heavy atom. The van der Waals surface area contributed by atoms with Crippen LogP contribution < -0.4 is 19.5 Å². The first-order valence-corrected chi connectivity index (χ1v) is 13.6. The minimum atomic E-state index is -0.624. The molecule has 10 heteroatoms. The van der Waals surface area contributed by atoms with E-state index >= 15 is 0 Å². The molecule has 2 atom stereocenters. The Hall–Kier alpha value is -4.34. The highest BCUT2D eigenvalue weighted by atomic mass is 19.1. The van der Waals surface area contributed by atoms with Gasteiger partial charge in [0, 0.05) is 31.3 Å². The van der Waals surface area contributed by atoms with Crippen molar-refractivity contribution in [1.82, 2.24) is 15.2 Å². The fourth-order valence-corrected chi connectivity index (χ4v) is 5.02. The second kappa shape index (κ2) is 12.0. The number of amides is 2. The fraction of sp³-hybridized carbons (Fsp3) is 0.387. The summed E-state index contributed by atoms with van der Waals surface area (Å²) in [5.41, 5.74) is 0.814. The Morgan fingerprint density at radius 3 is 2.71 bits per heavy atom. The predicted octanol–water partition coefficient (Wildman–Crippen LogP) is 5.30. The summed E-state index contributed by atoms with van der Waals surface area (Å²) in [6.07, 6.45) is 1.84. The summed E-state index contributed by atoms with van der Waals surface area (Å²) in [6.45, 7) is 6.95. The van der Waals surface area contributed by atoms with Crippen LogP contribution in [0.1, 0.15) is 54.7 Å². The molecule has 41 heavy (non-hydrogen) atoms. The molecule has 3 heterocycles. The Kier molecular flexibility index (Phi) is 8.28. The second-order valence-corrected chi connectivity index (χ2v) is 11.2. The number of hydrogen-bond acceptors (Lipinski definition) is 7. The molecule has 2 aromatic carbocycles. The number of aromatic nitrogens is 1.